The summed E-state index contributed by atoms with van der Waals surface area (Å²) in [6, 6.07) is 0.731. The molecule has 1 unspecified atom stereocenters. The number of hydrogen-bond donors (Lipinski definition) is 1. The molecule has 0 aromatic heterocycles. The summed E-state index contributed by atoms with van der Waals surface area (Å²) in [5.74, 6) is 0.965. The minimum atomic E-state index is 0.731. The van der Waals surface area contributed by atoms with E-state index in [9.17, 15) is 0 Å². The Kier molecular flexibility index (Phi) is 1.42. The molecule has 1 N–H and O–H groups in total. The summed E-state index contributed by atoms with van der Waals surface area (Å²) < 4.78 is 0. The van der Waals surface area contributed by atoms with Crippen molar-refractivity contribution in [3.05, 3.63) is 12.3 Å². The van der Waals surface area contributed by atoms with Crippen LogP contribution in [0.1, 0.15) is 19.8 Å². The largest absolute Gasteiger partial charge is 0.326 e. The highest BCUT2D eigenvalue weighted by atomic mass is 15.5. The lowest BCUT2D eigenvalue weighted by Gasteiger charge is -2.23. The second-order valence-corrected chi connectivity index (χ2v) is 3.26. The van der Waals surface area contributed by atoms with Crippen LogP contribution in [0.4, 0.5) is 0 Å². The first-order valence-corrected chi connectivity index (χ1v) is 4.06. The Hall–Kier alpha value is -0.500. The molecule has 1 fully saturated rings. The Morgan fingerprint density at radius 3 is 2.90 bits per heavy atom. The van der Waals surface area contributed by atoms with Gasteiger partial charge in [-0.05, 0) is 25.7 Å². The average molecular weight is 138 g/mol. The lowest BCUT2D eigenvalue weighted by atomic mass is 10.2. The van der Waals surface area contributed by atoms with Crippen LogP contribution in [0.2, 0.25) is 0 Å². The average Bonchev–Trinajstić information content (AvgIpc) is 2.65. The summed E-state index contributed by atoms with van der Waals surface area (Å²) in [6.07, 6.45) is 7.05. The Balaban J connectivity index is 1.86. The number of nitrogens with zero attached hydrogens (tertiary/aromatic N) is 1. The number of hydrazine groups is 1. The van der Waals surface area contributed by atoms with Crippen molar-refractivity contribution in [2.24, 2.45) is 5.92 Å². The standard InChI is InChI=1S/C8H14N2/c1-7(8-3-4-8)10-6-2-5-9-10/h2,5,7-9H,3-4,6H2,1H3. The van der Waals surface area contributed by atoms with E-state index in [0.29, 0.717) is 0 Å². The smallest absolute Gasteiger partial charge is 0.0379 e. The second kappa shape index (κ2) is 2.27. The third-order valence-corrected chi connectivity index (χ3v) is 2.46. The van der Waals surface area contributed by atoms with E-state index in [0.717, 1.165) is 18.5 Å². The molecule has 1 saturated carbocycles. The third-order valence-electron chi connectivity index (χ3n) is 2.46. The van der Waals surface area contributed by atoms with E-state index < -0.39 is 0 Å². The van der Waals surface area contributed by atoms with Crippen LogP contribution < -0.4 is 5.43 Å². The number of hydrogen-bond acceptors (Lipinski definition) is 2. The van der Waals surface area contributed by atoms with Crippen LogP contribution >= 0.6 is 0 Å². The molecular weight excluding hydrogens is 124 g/mol. The van der Waals surface area contributed by atoms with Crippen LogP contribution in [0, 0.1) is 5.92 Å². The Bertz CT molecular complexity index is 141. The van der Waals surface area contributed by atoms with Gasteiger partial charge in [0.1, 0.15) is 0 Å². The summed E-state index contributed by atoms with van der Waals surface area (Å²) in [5.41, 5.74) is 3.23. The lowest BCUT2D eigenvalue weighted by molar-refractivity contribution is 0.179. The fourth-order valence-electron chi connectivity index (χ4n) is 1.48. The van der Waals surface area contributed by atoms with Crippen LogP contribution in [0.15, 0.2) is 12.3 Å². The molecule has 1 heterocycles. The topological polar surface area (TPSA) is 15.3 Å². The van der Waals surface area contributed by atoms with Gasteiger partial charge in [-0.3, -0.25) is 0 Å². The maximum Gasteiger partial charge on any atom is 0.0379 e. The predicted molar refractivity (Wildman–Crippen MR) is 41.2 cm³/mol. The number of rotatable bonds is 2. The van der Waals surface area contributed by atoms with Gasteiger partial charge in [-0.25, -0.2) is 5.01 Å². The van der Waals surface area contributed by atoms with Crippen LogP contribution in [-0.2, 0) is 0 Å². The lowest BCUT2D eigenvalue weighted by Crippen LogP contribution is -2.39. The molecule has 2 heteroatoms. The van der Waals surface area contributed by atoms with E-state index >= 15 is 0 Å². The van der Waals surface area contributed by atoms with E-state index in [1.54, 1.807) is 0 Å². The normalized spacial score (nSPS) is 28.5. The first kappa shape index (κ1) is 6.23. The molecular formula is C8H14N2. The van der Waals surface area contributed by atoms with Crippen LogP contribution in [0.25, 0.3) is 0 Å². The van der Waals surface area contributed by atoms with Gasteiger partial charge in [0.25, 0.3) is 0 Å². The SMILES string of the molecule is CC(C1CC1)N1CC=CN1. The Morgan fingerprint density at radius 1 is 1.60 bits per heavy atom. The molecule has 0 spiro atoms. The zero-order chi connectivity index (χ0) is 6.97. The van der Waals surface area contributed by atoms with Crippen LogP contribution in [0.3, 0.4) is 0 Å². The molecule has 0 bridgehead atoms. The molecule has 0 aromatic rings. The molecule has 56 valence electrons. The Morgan fingerprint density at radius 2 is 2.40 bits per heavy atom. The quantitative estimate of drug-likeness (QED) is 0.615. The number of nitrogens with one attached hydrogen (secondary N) is 1. The van der Waals surface area contributed by atoms with E-state index in [4.69, 9.17) is 0 Å². The molecule has 2 rings (SSSR count). The predicted octanol–water partition coefficient (Wildman–Crippen LogP) is 1.12. The molecule has 2 nitrogen and oxygen atoms in total. The molecule has 1 aliphatic carbocycles. The van der Waals surface area contributed by atoms with Crippen molar-refractivity contribution in [3.8, 4) is 0 Å². The van der Waals surface area contributed by atoms with Crippen molar-refractivity contribution >= 4 is 0 Å². The molecule has 10 heavy (non-hydrogen) atoms. The van der Waals surface area contributed by atoms with Crippen molar-refractivity contribution in [3.63, 3.8) is 0 Å². The summed E-state index contributed by atoms with van der Waals surface area (Å²) in [4.78, 5) is 0. The maximum absolute atomic E-state index is 3.23. The van der Waals surface area contributed by atoms with Gasteiger partial charge in [0.15, 0.2) is 0 Å². The summed E-state index contributed by atoms with van der Waals surface area (Å²) in [7, 11) is 0. The van der Waals surface area contributed by atoms with Crippen LogP contribution in [-0.4, -0.2) is 17.6 Å². The van der Waals surface area contributed by atoms with E-state index in [2.05, 4.69) is 23.4 Å². The zero-order valence-corrected chi connectivity index (χ0v) is 6.38. The van der Waals surface area contributed by atoms with Gasteiger partial charge in [-0.15, -0.1) is 0 Å². The highest BCUT2D eigenvalue weighted by Crippen LogP contribution is 2.34. The van der Waals surface area contributed by atoms with Crippen molar-refractivity contribution in [1.29, 1.82) is 0 Å². The van der Waals surface area contributed by atoms with Crippen molar-refractivity contribution in [2.45, 2.75) is 25.8 Å². The first-order valence-electron chi connectivity index (χ1n) is 4.06. The summed E-state index contributed by atoms with van der Waals surface area (Å²) in [6.45, 7) is 3.38. The van der Waals surface area contributed by atoms with Gasteiger partial charge < -0.3 is 5.43 Å². The van der Waals surface area contributed by atoms with Gasteiger partial charge in [-0.2, -0.15) is 0 Å². The minimum absolute atomic E-state index is 0.731. The van der Waals surface area contributed by atoms with E-state index in [1.165, 1.54) is 12.8 Å². The Labute approximate surface area is 61.9 Å². The van der Waals surface area contributed by atoms with E-state index in [-0.39, 0.29) is 0 Å². The highest BCUT2D eigenvalue weighted by Gasteiger charge is 2.32. The summed E-state index contributed by atoms with van der Waals surface area (Å²) >= 11 is 0. The minimum Gasteiger partial charge on any atom is -0.326 e. The molecule has 0 amide bonds. The fraction of sp³-hybridized carbons (Fsp3) is 0.750. The van der Waals surface area contributed by atoms with Gasteiger partial charge in [0.2, 0.25) is 0 Å². The van der Waals surface area contributed by atoms with Gasteiger partial charge in [0, 0.05) is 18.8 Å². The van der Waals surface area contributed by atoms with Crippen molar-refractivity contribution < 1.29 is 0 Å². The van der Waals surface area contributed by atoms with Gasteiger partial charge >= 0.3 is 0 Å². The fourth-order valence-corrected chi connectivity index (χ4v) is 1.48. The molecule has 0 saturated heterocycles. The highest BCUT2D eigenvalue weighted by molar-refractivity contribution is 4.94. The zero-order valence-electron chi connectivity index (χ0n) is 6.38. The molecule has 2 aliphatic rings. The summed E-state index contributed by atoms with van der Waals surface area (Å²) in [5, 5.41) is 2.30. The molecule has 0 aromatic carbocycles. The van der Waals surface area contributed by atoms with Gasteiger partial charge in [-0.1, -0.05) is 6.08 Å². The van der Waals surface area contributed by atoms with Crippen molar-refractivity contribution in [2.75, 3.05) is 6.54 Å². The molecule has 0 radical (unpaired) electrons. The van der Waals surface area contributed by atoms with E-state index in [1.807, 2.05) is 6.20 Å². The monoisotopic (exact) mass is 138 g/mol. The van der Waals surface area contributed by atoms with Crippen LogP contribution in [0.5, 0.6) is 0 Å². The third kappa shape index (κ3) is 1.03. The molecule has 1 aliphatic heterocycles. The maximum atomic E-state index is 3.23. The van der Waals surface area contributed by atoms with Crippen molar-refractivity contribution in [1.82, 2.24) is 10.4 Å². The first-order chi connectivity index (χ1) is 4.88. The molecule has 1 atom stereocenters. The second-order valence-electron chi connectivity index (χ2n) is 3.26. The van der Waals surface area contributed by atoms with Gasteiger partial charge in [0.05, 0.1) is 0 Å².